The van der Waals surface area contributed by atoms with E-state index >= 15 is 0 Å². The van der Waals surface area contributed by atoms with Crippen molar-refractivity contribution < 1.29 is 24.2 Å². The van der Waals surface area contributed by atoms with Crippen LogP contribution in [0.3, 0.4) is 0 Å². The van der Waals surface area contributed by atoms with Gasteiger partial charge in [-0.05, 0) is 75.5 Å². The van der Waals surface area contributed by atoms with E-state index < -0.39 is 23.2 Å². The van der Waals surface area contributed by atoms with Crippen LogP contribution >= 0.6 is 0 Å². The first kappa shape index (κ1) is 28.8. The number of amides is 1. The molecule has 0 bridgehead atoms. The zero-order chi connectivity index (χ0) is 26.9. The van der Waals surface area contributed by atoms with E-state index in [-0.39, 0.29) is 0 Å². The van der Waals surface area contributed by atoms with Gasteiger partial charge in [0.2, 0.25) is 0 Å². The molecule has 0 radical (unpaired) electrons. The van der Waals surface area contributed by atoms with Crippen LogP contribution < -0.4 is 10.8 Å². The molecule has 0 saturated carbocycles. The van der Waals surface area contributed by atoms with E-state index in [4.69, 9.17) is 9.94 Å². The minimum Gasteiger partial charge on any atom is -0.385 e. The quantitative estimate of drug-likeness (QED) is 0.170. The van der Waals surface area contributed by atoms with Crippen molar-refractivity contribution in [3.8, 4) is 11.8 Å². The number of alkyl halides is 1. The lowest BCUT2D eigenvalue weighted by atomic mass is 9.78. The molecule has 7 nitrogen and oxygen atoms in total. The fourth-order valence-corrected chi connectivity index (χ4v) is 4.24. The highest BCUT2D eigenvalue weighted by atomic mass is 19.1. The Labute approximate surface area is 219 Å². The maximum atomic E-state index is 14.0. The topological polar surface area (TPSA) is 94.1 Å². The van der Waals surface area contributed by atoms with Crippen molar-refractivity contribution in [2.75, 3.05) is 32.8 Å². The number of rotatable bonds is 10. The van der Waals surface area contributed by atoms with E-state index in [2.05, 4.69) is 46.3 Å². The molecule has 8 heteroatoms. The van der Waals surface area contributed by atoms with Crippen LogP contribution in [0.2, 0.25) is 0 Å². The number of carbonyl (C=O) groups excluding carboxylic acids is 1. The van der Waals surface area contributed by atoms with E-state index in [1.807, 2.05) is 24.3 Å². The van der Waals surface area contributed by atoms with Gasteiger partial charge in [-0.3, -0.25) is 14.9 Å². The van der Waals surface area contributed by atoms with Crippen LogP contribution in [0.25, 0.3) is 0 Å². The molecule has 1 aliphatic rings. The molecule has 200 valence electrons. The van der Waals surface area contributed by atoms with E-state index in [0.29, 0.717) is 13.0 Å². The highest BCUT2D eigenvalue weighted by molar-refractivity contribution is 5.86. The van der Waals surface area contributed by atoms with Crippen molar-refractivity contribution in [1.29, 1.82) is 0 Å². The molecule has 1 fully saturated rings. The number of nitrogens with zero attached hydrogens (tertiary/aromatic N) is 1. The Balaban J connectivity index is 1.50. The molecule has 1 saturated heterocycles. The van der Waals surface area contributed by atoms with Gasteiger partial charge in [0.25, 0.3) is 5.91 Å². The monoisotopic (exact) mass is 511 g/mol. The van der Waals surface area contributed by atoms with Crippen molar-refractivity contribution in [2.45, 2.75) is 57.5 Å². The summed E-state index contributed by atoms with van der Waals surface area (Å²) in [5.74, 6) is 5.52. The summed E-state index contributed by atoms with van der Waals surface area (Å²) in [5.41, 5.74) is 2.07. The maximum absolute atomic E-state index is 14.0. The summed E-state index contributed by atoms with van der Waals surface area (Å²) in [4.78, 5) is 14.6. The Kier molecular flexibility index (Phi) is 10.2. The van der Waals surface area contributed by atoms with Crippen molar-refractivity contribution in [3.63, 3.8) is 0 Å². The van der Waals surface area contributed by atoms with Gasteiger partial charge in [0.15, 0.2) is 0 Å². The SMILES string of the molecule is CC(F)[C@@](C)(O)C(C)(NCCCc1ccc(C#Cc2ccc(CN3CCOCC3)cc2)cc1)C(=O)NO. The minimum absolute atomic E-state index is 0.343. The summed E-state index contributed by atoms with van der Waals surface area (Å²) in [5, 5.41) is 22.5. The van der Waals surface area contributed by atoms with E-state index in [1.165, 1.54) is 31.8 Å². The van der Waals surface area contributed by atoms with Gasteiger partial charge >= 0.3 is 0 Å². The molecule has 0 spiro atoms. The molecule has 0 aromatic heterocycles. The number of hydroxylamine groups is 1. The first-order chi connectivity index (χ1) is 17.7. The van der Waals surface area contributed by atoms with Crippen LogP contribution in [0, 0.1) is 11.8 Å². The van der Waals surface area contributed by atoms with Gasteiger partial charge in [0.05, 0.1) is 13.2 Å². The molecule has 0 aliphatic carbocycles. The third kappa shape index (κ3) is 7.60. The number of nitrogens with one attached hydrogen (secondary N) is 2. The van der Waals surface area contributed by atoms with Gasteiger partial charge in [-0.15, -0.1) is 0 Å². The summed E-state index contributed by atoms with van der Waals surface area (Å²) in [6, 6.07) is 16.3. The average Bonchev–Trinajstić information content (AvgIpc) is 2.91. The van der Waals surface area contributed by atoms with Crippen molar-refractivity contribution >= 4 is 5.91 Å². The number of hydrogen-bond donors (Lipinski definition) is 4. The molecule has 2 aromatic carbocycles. The molecule has 4 N–H and O–H groups in total. The third-order valence-corrected chi connectivity index (χ3v) is 7.23. The third-order valence-electron chi connectivity index (χ3n) is 7.23. The number of hydrogen-bond acceptors (Lipinski definition) is 6. The summed E-state index contributed by atoms with van der Waals surface area (Å²) >= 11 is 0. The van der Waals surface area contributed by atoms with Crippen molar-refractivity contribution in [1.82, 2.24) is 15.7 Å². The van der Waals surface area contributed by atoms with Gasteiger partial charge in [0.1, 0.15) is 17.3 Å². The lowest BCUT2D eigenvalue weighted by Crippen LogP contribution is -2.70. The van der Waals surface area contributed by atoms with Crippen molar-refractivity contribution in [2.24, 2.45) is 0 Å². The first-order valence-electron chi connectivity index (χ1n) is 12.7. The van der Waals surface area contributed by atoms with Crippen LogP contribution in [-0.4, -0.2) is 71.3 Å². The Bertz CT molecular complexity index is 1070. The Morgan fingerprint density at radius 1 is 1.05 bits per heavy atom. The van der Waals surface area contributed by atoms with Gasteiger partial charge in [0, 0.05) is 30.8 Å². The Morgan fingerprint density at radius 3 is 2.11 bits per heavy atom. The highest BCUT2D eigenvalue weighted by Gasteiger charge is 2.52. The van der Waals surface area contributed by atoms with Gasteiger partial charge in [-0.2, -0.15) is 0 Å². The Morgan fingerprint density at radius 2 is 1.59 bits per heavy atom. The maximum Gasteiger partial charge on any atom is 0.266 e. The predicted octanol–water partition coefficient (Wildman–Crippen LogP) is 2.81. The molecule has 3 atom stereocenters. The largest absolute Gasteiger partial charge is 0.385 e. The molecule has 3 rings (SSSR count). The summed E-state index contributed by atoms with van der Waals surface area (Å²) in [7, 11) is 0. The average molecular weight is 512 g/mol. The molecule has 1 heterocycles. The minimum atomic E-state index is -2.01. The second kappa shape index (κ2) is 13.1. The molecule has 2 aromatic rings. The van der Waals surface area contributed by atoms with E-state index in [1.54, 1.807) is 0 Å². The molecule has 2 unspecified atom stereocenters. The second-order valence-corrected chi connectivity index (χ2v) is 9.89. The fourth-order valence-electron chi connectivity index (χ4n) is 4.24. The van der Waals surface area contributed by atoms with Crippen LogP contribution in [0.1, 0.15) is 49.4 Å². The van der Waals surface area contributed by atoms with E-state index in [9.17, 15) is 14.3 Å². The number of halogens is 1. The molecular formula is C29H38FN3O4. The van der Waals surface area contributed by atoms with Gasteiger partial charge in [-0.1, -0.05) is 36.1 Å². The zero-order valence-corrected chi connectivity index (χ0v) is 21.9. The van der Waals surface area contributed by atoms with Gasteiger partial charge < -0.3 is 15.2 Å². The van der Waals surface area contributed by atoms with Crippen LogP contribution in [0.15, 0.2) is 48.5 Å². The second-order valence-electron chi connectivity index (χ2n) is 9.89. The number of aryl methyl sites for hydroxylation is 1. The zero-order valence-electron chi connectivity index (χ0n) is 21.9. The Hall–Kier alpha value is -2.80. The molecule has 1 aliphatic heterocycles. The lowest BCUT2D eigenvalue weighted by molar-refractivity contribution is -0.153. The first-order valence-corrected chi connectivity index (χ1v) is 12.7. The lowest BCUT2D eigenvalue weighted by Gasteiger charge is -2.42. The fraction of sp³-hybridized carbons (Fsp3) is 0.483. The molecule has 37 heavy (non-hydrogen) atoms. The number of carbonyl (C=O) groups is 1. The number of morpholine rings is 1. The van der Waals surface area contributed by atoms with Crippen LogP contribution in [0.5, 0.6) is 0 Å². The number of aliphatic hydroxyl groups is 1. The normalized spacial score (nSPS) is 18.1. The molecule has 1 amide bonds. The van der Waals surface area contributed by atoms with Crippen molar-refractivity contribution in [3.05, 3.63) is 70.8 Å². The standard InChI is InChI=1S/C29H38FN3O4/c1-22(30)29(3,35)28(2,27(34)32-36)31-16-4-5-23-6-8-24(9-7-23)10-11-25-12-14-26(15-13-25)21-33-17-19-37-20-18-33/h6-9,12-15,22,31,35-36H,4-5,16-21H2,1-3H3,(H,32,34)/t22?,28?,29-/m1/s1. The smallest absolute Gasteiger partial charge is 0.266 e. The summed E-state index contributed by atoms with van der Waals surface area (Å²) in [6.45, 7) is 8.59. The summed E-state index contributed by atoms with van der Waals surface area (Å²) in [6.07, 6.45) is -0.327. The predicted molar refractivity (Wildman–Crippen MR) is 141 cm³/mol. The number of ether oxygens (including phenoxy) is 1. The van der Waals surface area contributed by atoms with E-state index in [0.717, 1.165) is 56.0 Å². The number of benzene rings is 2. The van der Waals surface area contributed by atoms with Gasteiger partial charge in [-0.25, -0.2) is 9.87 Å². The van der Waals surface area contributed by atoms with Crippen LogP contribution in [0.4, 0.5) is 4.39 Å². The summed E-state index contributed by atoms with van der Waals surface area (Å²) < 4.78 is 19.4. The van der Waals surface area contributed by atoms with Crippen LogP contribution in [-0.2, 0) is 22.5 Å². The highest BCUT2D eigenvalue weighted by Crippen LogP contribution is 2.28. The molecular weight excluding hydrogens is 473 g/mol.